The van der Waals surface area contributed by atoms with Gasteiger partial charge in [-0.25, -0.2) is 0 Å². The van der Waals surface area contributed by atoms with E-state index in [1.165, 1.54) is 0 Å². The van der Waals surface area contributed by atoms with E-state index in [0.29, 0.717) is 6.54 Å². The van der Waals surface area contributed by atoms with E-state index >= 15 is 0 Å². The van der Waals surface area contributed by atoms with Gasteiger partial charge in [-0.15, -0.1) is 0 Å². The zero-order chi connectivity index (χ0) is 12.1. The Hall–Kier alpha value is -0.650. The Morgan fingerprint density at radius 3 is 2.59 bits per heavy atom. The van der Waals surface area contributed by atoms with Gasteiger partial charge < -0.3 is 15.4 Å². The van der Waals surface area contributed by atoms with Crippen LogP contribution in [0.2, 0.25) is 0 Å². The average Bonchev–Trinajstić information content (AvgIpc) is 2.40. The second kappa shape index (κ2) is 6.33. The fraction of sp³-hybridized carbons (Fsp3) is 0.917. The second-order valence-corrected chi connectivity index (χ2v) is 4.81. The number of hydrogen-bond acceptors (Lipinski definition) is 4. The second-order valence-electron chi connectivity index (χ2n) is 4.81. The van der Waals surface area contributed by atoms with Crippen molar-refractivity contribution in [3.63, 3.8) is 0 Å². The smallest absolute Gasteiger partial charge is 0.251 e. The predicted molar refractivity (Wildman–Crippen MR) is 65.7 cm³/mol. The number of hydrogen-bond donors (Lipinski definition) is 1. The molecule has 2 fully saturated rings. The molecule has 2 aliphatic rings. The van der Waals surface area contributed by atoms with Crippen molar-refractivity contribution in [3.8, 4) is 0 Å². The number of rotatable bonds is 3. The Balaban J connectivity index is 1.77. The van der Waals surface area contributed by atoms with Crippen molar-refractivity contribution in [1.82, 2.24) is 9.80 Å². The number of carbonyl (C=O) groups excluding carboxylic acids is 1. The Morgan fingerprint density at radius 2 is 2.00 bits per heavy atom. The molecule has 2 heterocycles. The zero-order valence-electron chi connectivity index (χ0n) is 10.4. The summed E-state index contributed by atoms with van der Waals surface area (Å²) >= 11 is 0. The van der Waals surface area contributed by atoms with Crippen molar-refractivity contribution < 1.29 is 9.53 Å². The van der Waals surface area contributed by atoms with Gasteiger partial charge in [0.15, 0.2) is 0 Å². The number of ether oxygens (including phenoxy) is 1. The molecule has 5 nitrogen and oxygen atoms in total. The molecule has 2 saturated heterocycles. The van der Waals surface area contributed by atoms with Crippen molar-refractivity contribution in [1.29, 1.82) is 0 Å². The van der Waals surface area contributed by atoms with E-state index in [1.807, 2.05) is 4.90 Å². The summed E-state index contributed by atoms with van der Waals surface area (Å²) in [5.74, 6) is 0.192. The van der Waals surface area contributed by atoms with Gasteiger partial charge in [-0.2, -0.15) is 0 Å². The lowest BCUT2D eigenvalue weighted by molar-refractivity contribution is -0.148. The van der Waals surface area contributed by atoms with Crippen LogP contribution in [-0.2, 0) is 9.53 Å². The Bertz CT molecular complexity index is 246. The van der Waals surface area contributed by atoms with Crippen molar-refractivity contribution in [2.24, 2.45) is 5.73 Å². The molecule has 2 rings (SSSR count). The van der Waals surface area contributed by atoms with Crippen LogP contribution in [0.4, 0.5) is 0 Å². The van der Waals surface area contributed by atoms with Crippen molar-refractivity contribution >= 4 is 5.91 Å². The van der Waals surface area contributed by atoms with Crippen LogP contribution in [0.5, 0.6) is 0 Å². The molecule has 0 bridgehead atoms. The summed E-state index contributed by atoms with van der Waals surface area (Å²) in [6, 6.07) is 0. The van der Waals surface area contributed by atoms with Gasteiger partial charge in [0.25, 0.3) is 5.91 Å². The molecule has 0 aromatic rings. The molecule has 0 aromatic heterocycles. The molecule has 0 spiro atoms. The zero-order valence-corrected chi connectivity index (χ0v) is 10.4. The molecule has 2 aliphatic heterocycles. The molecule has 17 heavy (non-hydrogen) atoms. The molecule has 0 aromatic carbocycles. The van der Waals surface area contributed by atoms with Crippen LogP contribution in [0, 0.1) is 0 Å². The Labute approximate surface area is 103 Å². The summed E-state index contributed by atoms with van der Waals surface area (Å²) in [6.45, 7) is 5.88. The minimum atomic E-state index is -0.176. The number of nitrogens with zero attached hydrogens (tertiary/aromatic N) is 2. The fourth-order valence-electron chi connectivity index (χ4n) is 2.51. The van der Waals surface area contributed by atoms with E-state index in [0.717, 1.165) is 58.6 Å². The van der Waals surface area contributed by atoms with Gasteiger partial charge in [0.05, 0.1) is 0 Å². The van der Waals surface area contributed by atoms with Crippen LogP contribution in [0.15, 0.2) is 0 Å². The first kappa shape index (κ1) is 12.8. The molecule has 1 unspecified atom stereocenters. The summed E-state index contributed by atoms with van der Waals surface area (Å²) in [7, 11) is 0. The molecule has 1 amide bonds. The summed E-state index contributed by atoms with van der Waals surface area (Å²) in [5.41, 5.74) is 5.53. The molecular weight excluding hydrogens is 218 g/mol. The van der Waals surface area contributed by atoms with E-state index in [4.69, 9.17) is 10.5 Å². The van der Waals surface area contributed by atoms with Gasteiger partial charge in [0, 0.05) is 45.9 Å². The van der Waals surface area contributed by atoms with Crippen LogP contribution >= 0.6 is 0 Å². The Morgan fingerprint density at radius 1 is 1.24 bits per heavy atom. The van der Waals surface area contributed by atoms with Crippen LogP contribution in [0.25, 0.3) is 0 Å². The molecule has 0 aliphatic carbocycles. The molecule has 98 valence electrons. The first-order chi connectivity index (χ1) is 8.31. The first-order valence-electron chi connectivity index (χ1n) is 6.64. The lowest BCUT2D eigenvalue weighted by Crippen LogP contribution is -2.52. The van der Waals surface area contributed by atoms with Gasteiger partial charge in [-0.3, -0.25) is 9.69 Å². The normalized spacial score (nSPS) is 27.1. The van der Waals surface area contributed by atoms with E-state index in [2.05, 4.69) is 4.90 Å². The van der Waals surface area contributed by atoms with E-state index in [9.17, 15) is 4.79 Å². The van der Waals surface area contributed by atoms with Crippen molar-refractivity contribution in [3.05, 3.63) is 0 Å². The minimum Gasteiger partial charge on any atom is -0.368 e. The van der Waals surface area contributed by atoms with E-state index in [1.54, 1.807) is 0 Å². The summed E-state index contributed by atoms with van der Waals surface area (Å²) in [4.78, 5) is 16.4. The lowest BCUT2D eigenvalue weighted by Gasteiger charge is -2.36. The van der Waals surface area contributed by atoms with Crippen LogP contribution in [0.3, 0.4) is 0 Å². The third-order valence-corrected chi connectivity index (χ3v) is 3.58. The molecule has 0 radical (unpaired) electrons. The van der Waals surface area contributed by atoms with Crippen LogP contribution in [0.1, 0.15) is 19.3 Å². The monoisotopic (exact) mass is 241 g/mol. The molecule has 5 heteroatoms. The third-order valence-electron chi connectivity index (χ3n) is 3.58. The van der Waals surface area contributed by atoms with Crippen LogP contribution in [-0.4, -0.2) is 67.7 Å². The van der Waals surface area contributed by atoms with Gasteiger partial charge in [0.2, 0.25) is 0 Å². The highest BCUT2D eigenvalue weighted by Crippen LogP contribution is 2.16. The third kappa shape index (κ3) is 3.40. The quantitative estimate of drug-likeness (QED) is 0.734. The highest BCUT2D eigenvalue weighted by Gasteiger charge is 2.28. The molecular formula is C12H23N3O2. The van der Waals surface area contributed by atoms with Crippen molar-refractivity contribution in [2.75, 3.05) is 45.9 Å². The van der Waals surface area contributed by atoms with E-state index in [-0.39, 0.29) is 12.0 Å². The van der Waals surface area contributed by atoms with Gasteiger partial charge in [0.1, 0.15) is 6.10 Å². The van der Waals surface area contributed by atoms with E-state index < -0.39 is 0 Å². The number of amides is 1. The number of piperazine rings is 1. The summed E-state index contributed by atoms with van der Waals surface area (Å²) in [5, 5.41) is 0. The minimum absolute atomic E-state index is 0.176. The predicted octanol–water partition coefficient (Wildman–Crippen LogP) is -0.342. The maximum Gasteiger partial charge on any atom is 0.251 e. The topological polar surface area (TPSA) is 58.8 Å². The average molecular weight is 241 g/mol. The Kier molecular flexibility index (Phi) is 4.76. The van der Waals surface area contributed by atoms with Crippen LogP contribution < -0.4 is 5.73 Å². The van der Waals surface area contributed by atoms with Crippen molar-refractivity contribution in [2.45, 2.75) is 25.4 Å². The van der Waals surface area contributed by atoms with Gasteiger partial charge in [-0.05, 0) is 19.3 Å². The SMILES string of the molecule is NCCN1CCN(C(=O)C2CCCCO2)CC1. The maximum absolute atomic E-state index is 12.2. The highest BCUT2D eigenvalue weighted by molar-refractivity contribution is 5.81. The largest absolute Gasteiger partial charge is 0.368 e. The van der Waals surface area contributed by atoms with Gasteiger partial charge >= 0.3 is 0 Å². The number of nitrogens with two attached hydrogens (primary N) is 1. The molecule has 0 saturated carbocycles. The summed E-state index contributed by atoms with van der Waals surface area (Å²) < 4.78 is 5.54. The molecule has 1 atom stereocenters. The fourth-order valence-corrected chi connectivity index (χ4v) is 2.51. The standard InChI is InChI=1S/C12H23N3O2/c13-4-5-14-6-8-15(9-7-14)12(16)11-3-1-2-10-17-11/h11H,1-10,13H2. The lowest BCUT2D eigenvalue weighted by atomic mass is 10.1. The first-order valence-corrected chi connectivity index (χ1v) is 6.64. The van der Waals surface area contributed by atoms with Gasteiger partial charge in [-0.1, -0.05) is 0 Å². The molecule has 2 N–H and O–H groups in total. The summed E-state index contributed by atoms with van der Waals surface area (Å²) in [6.07, 6.45) is 2.92. The highest BCUT2D eigenvalue weighted by atomic mass is 16.5. The number of carbonyl (C=O) groups is 1. The maximum atomic E-state index is 12.2.